The molecule has 1 atom stereocenters. The molecule has 0 saturated heterocycles. The van der Waals surface area contributed by atoms with Crippen LogP contribution in [0.3, 0.4) is 0 Å². The molecule has 0 aliphatic carbocycles. The van der Waals surface area contributed by atoms with Crippen molar-refractivity contribution in [2.24, 2.45) is 4.99 Å². The molecule has 1 unspecified atom stereocenters. The number of fused-ring (bicyclic) bond motifs is 1. The fraction of sp³-hybridized carbons (Fsp3) is 0.167. The van der Waals surface area contributed by atoms with E-state index in [9.17, 15) is 5.11 Å². The van der Waals surface area contributed by atoms with Crippen LogP contribution in [-0.4, -0.2) is 32.2 Å². The molecule has 4 heterocycles. The van der Waals surface area contributed by atoms with Gasteiger partial charge in [0.25, 0.3) is 0 Å². The maximum Gasteiger partial charge on any atom is 0.150 e. The number of aliphatic hydroxyl groups excluding tert-OH is 1. The monoisotopic (exact) mass is 319 g/mol. The van der Waals surface area contributed by atoms with Crippen LogP contribution < -0.4 is 5.32 Å². The van der Waals surface area contributed by atoms with Gasteiger partial charge in [0.2, 0.25) is 0 Å². The molecule has 0 saturated carbocycles. The van der Waals surface area contributed by atoms with Crippen LogP contribution in [0.15, 0.2) is 60.0 Å². The molecule has 4 rings (SSSR count). The lowest BCUT2D eigenvalue weighted by atomic mass is 9.99. The van der Waals surface area contributed by atoms with E-state index in [0.717, 1.165) is 17.8 Å². The van der Waals surface area contributed by atoms with Gasteiger partial charge in [0.1, 0.15) is 11.5 Å². The molecule has 1 aliphatic rings. The number of pyridine rings is 2. The number of aliphatic imine (C=N–C) groups is 1. The summed E-state index contributed by atoms with van der Waals surface area (Å²) in [5.74, 6) is 1.68. The van der Waals surface area contributed by atoms with Crippen molar-refractivity contribution < 1.29 is 5.11 Å². The highest BCUT2D eigenvalue weighted by molar-refractivity contribution is 5.72. The molecule has 3 aromatic rings. The van der Waals surface area contributed by atoms with E-state index in [0.29, 0.717) is 17.6 Å². The van der Waals surface area contributed by atoms with Gasteiger partial charge in [0, 0.05) is 31.1 Å². The Balaban J connectivity index is 1.60. The molecule has 2 N–H and O–H groups in total. The minimum Gasteiger partial charge on any atom is -0.392 e. The Kier molecular flexibility index (Phi) is 3.80. The minimum absolute atomic E-state index is 0.0108. The Hall–Kier alpha value is -2.99. The number of rotatable bonds is 4. The summed E-state index contributed by atoms with van der Waals surface area (Å²) in [6, 6.07) is 7.68. The maximum absolute atomic E-state index is 9.21. The standard InChI is InChI=1S/C18H17N5O/c24-12-13-5-7-20-16(8-13)21-17-11-23-10-15(3-4-18(23)22-17)14-2-1-6-19-9-14/h1-8,10-11,14,24H,9,12H2,(H,20,21). The quantitative estimate of drug-likeness (QED) is 0.775. The molecule has 0 aromatic carbocycles. The van der Waals surface area contributed by atoms with Gasteiger partial charge in [0.05, 0.1) is 12.8 Å². The van der Waals surface area contributed by atoms with Gasteiger partial charge < -0.3 is 14.8 Å². The van der Waals surface area contributed by atoms with Crippen LogP contribution in [-0.2, 0) is 6.61 Å². The Morgan fingerprint density at radius 2 is 2.17 bits per heavy atom. The van der Waals surface area contributed by atoms with Crippen molar-refractivity contribution in [3.8, 4) is 0 Å². The number of imidazole rings is 1. The number of hydrogen-bond donors (Lipinski definition) is 2. The lowest BCUT2D eigenvalue weighted by Crippen LogP contribution is -2.04. The van der Waals surface area contributed by atoms with E-state index in [4.69, 9.17) is 0 Å². The first-order valence-electron chi connectivity index (χ1n) is 7.80. The second kappa shape index (κ2) is 6.25. The summed E-state index contributed by atoms with van der Waals surface area (Å²) in [5, 5.41) is 12.4. The third-order valence-corrected chi connectivity index (χ3v) is 4.00. The minimum atomic E-state index is -0.0108. The first-order chi connectivity index (χ1) is 11.8. The Bertz CT molecular complexity index is 928. The van der Waals surface area contributed by atoms with E-state index in [-0.39, 0.29) is 6.61 Å². The number of aromatic nitrogens is 3. The fourth-order valence-corrected chi connectivity index (χ4v) is 2.76. The van der Waals surface area contributed by atoms with Crippen molar-refractivity contribution >= 4 is 23.5 Å². The number of dihydropyridines is 1. The summed E-state index contributed by atoms with van der Waals surface area (Å²) in [6.07, 6.45) is 11.7. The largest absolute Gasteiger partial charge is 0.392 e. The third-order valence-electron chi connectivity index (χ3n) is 4.00. The lowest BCUT2D eigenvalue weighted by Gasteiger charge is -2.12. The summed E-state index contributed by atoms with van der Waals surface area (Å²) in [7, 11) is 0. The Labute approximate surface area is 139 Å². The van der Waals surface area contributed by atoms with Crippen LogP contribution in [0.5, 0.6) is 0 Å². The number of nitrogens with one attached hydrogen (secondary N) is 1. The topological polar surface area (TPSA) is 74.8 Å². The molecular weight excluding hydrogens is 302 g/mol. The number of hydrogen-bond acceptors (Lipinski definition) is 5. The van der Waals surface area contributed by atoms with Crippen LogP contribution in [0.1, 0.15) is 17.0 Å². The molecule has 0 fully saturated rings. The van der Waals surface area contributed by atoms with Crippen molar-refractivity contribution in [3.63, 3.8) is 0 Å². The van der Waals surface area contributed by atoms with E-state index in [1.54, 1.807) is 18.3 Å². The zero-order valence-electron chi connectivity index (χ0n) is 13.0. The van der Waals surface area contributed by atoms with E-state index >= 15 is 0 Å². The van der Waals surface area contributed by atoms with Gasteiger partial charge >= 0.3 is 0 Å². The molecule has 3 aromatic heterocycles. The highest BCUT2D eigenvalue weighted by atomic mass is 16.3. The van der Waals surface area contributed by atoms with Gasteiger partial charge in [-0.05, 0) is 35.4 Å². The van der Waals surface area contributed by atoms with Crippen molar-refractivity contribution in [2.45, 2.75) is 12.5 Å². The summed E-state index contributed by atoms with van der Waals surface area (Å²) in [4.78, 5) is 13.1. The lowest BCUT2D eigenvalue weighted by molar-refractivity contribution is 0.282. The zero-order chi connectivity index (χ0) is 16.4. The van der Waals surface area contributed by atoms with E-state index in [1.165, 1.54) is 5.56 Å². The van der Waals surface area contributed by atoms with E-state index in [2.05, 4.69) is 38.6 Å². The Morgan fingerprint density at radius 3 is 3.00 bits per heavy atom. The second-order valence-electron chi connectivity index (χ2n) is 5.69. The van der Waals surface area contributed by atoms with Gasteiger partial charge in [-0.1, -0.05) is 12.1 Å². The molecule has 6 nitrogen and oxygen atoms in total. The molecule has 0 bridgehead atoms. The summed E-state index contributed by atoms with van der Waals surface area (Å²) >= 11 is 0. The third kappa shape index (κ3) is 2.91. The summed E-state index contributed by atoms with van der Waals surface area (Å²) < 4.78 is 2.00. The SMILES string of the molecule is OCc1ccnc(Nc2cn3cc(C4C=CC=NC4)ccc3n2)c1. The molecule has 0 amide bonds. The Morgan fingerprint density at radius 1 is 1.21 bits per heavy atom. The average molecular weight is 319 g/mol. The highest BCUT2D eigenvalue weighted by Gasteiger charge is 2.11. The zero-order valence-corrected chi connectivity index (χ0v) is 13.0. The number of anilines is 2. The molecule has 0 spiro atoms. The van der Waals surface area contributed by atoms with Gasteiger partial charge in [-0.15, -0.1) is 0 Å². The van der Waals surface area contributed by atoms with E-state index < -0.39 is 0 Å². The molecule has 24 heavy (non-hydrogen) atoms. The van der Waals surface area contributed by atoms with Gasteiger partial charge in [-0.3, -0.25) is 4.99 Å². The van der Waals surface area contributed by atoms with Crippen molar-refractivity contribution in [1.29, 1.82) is 0 Å². The summed E-state index contributed by atoms with van der Waals surface area (Å²) in [6.45, 7) is 0.767. The normalized spacial score (nSPS) is 16.6. The smallest absolute Gasteiger partial charge is 0.150 e. The number of aliphatic hydroxyl groups is 1. The van der Waals surface area contributed by atoms with Crippen molar-refractivity contribution in [3.05, 3.63) is 66.1 Å². The van der Waals surface area contributed by atoms with Crippen molar-refractivity contribution in [2.75, 3.05) is 11.9 Å². The molecule has 1 aliphatic heterocycles. The van der Waals surface area contributed by atoms with Crippen molar-refractivity contribution in [1.82, 2.24) is 14.4 Å². The van der Waals surface area contributed by atoms with Crippen LogP contribution in [0.4, 0.5) is 11.6 Å². The highest BCUT2D eigenvalue weighted by Crippen LogP contribution is 2.22. The predicted molar refractivity (Wildman–Crippen MR) is 93.9 cm³/mol. The first-order valence-corrected chi connectivity index (χ1v) is 7.80. The van der Waals surface area contributed by atoms with Crippen LogP contribution >= 0.6 is 0 Å². The maximum atomic E-state index is 9.21. The van der Waals surface area contributed by atoms with Crippen LogP contribution in [0.2, 0.25) is 0 Å². The fourth-order valence-electron chi connectivity index (χ4n) is 2.76. The predicted octanol–water partition coefficient (Wildman–Crippen LogP) is 2.69. The number of allylic oxidation sites excluding steroid dienone is 1. The van der Waals surface area contributed by atoms with Gasteiger partial charge in [-0.25, -0.2) is 9.97 Å². The average Bonchev–Trinajstić information content (AvgIpc) is 3.04. The second-order valence-corrected chi connectivity index (χ2v) is 5.69. The van der Waals surface area contributed by atoms with Crippen LogP contribution in [0, 0.1) is 0 Å². The molecule has 6 heteroatoms. The van der Waals surface area contributed by atoms with Crippen LogP contribution in [0.25, 0.3) is 5.65 Å². The molecule has 120 valence electrons. The molecule has 0 radical (unpaired) electrons. The van der Waals surface area contributed by atoms with Gasteiger partial charge in [-0.2, -0.15) is 0 Å². The van der Waals surface area contributed by atoms with Gasteiger partial charge in [0.15, 0.2) is 5.82 Å². The molecular formula is C18H17N5O. The first kappa shape index (κ1) is 14.6. The summed E-state index contributed by atoms with van der Waals surface area (Å²) in [5.41, 5.74) is 2.88. The van der Waals surface area contributed by atoms with E-state index in [1.807, 2.05) is 29.0 Å². The number of nitrogens with zero attached hydrogens (tertiary/aromatic N) is 4.